The Hall–Kier alpha value is -3.04. The summed E-state index contributed by atoms with van der Waals surface area (Å²) < 4.78 is 20.6. The highest BCUT2D eigenvalue weighted by atomic mass is 16.6. The second kappa shape index (κ2) is 9.31. The molecule has 2 aromatic carbocycles. The van der Waals surface area contributed by atoms with Gasteiger partial charge >= 0.3 is 5.69 Å². The van der Waals surface area contributed by atoms with Crippen molar-refractivity contribution in [3.8, 4) is 0 Å². The Bertz CT molecular complexity index is 1240. The number of nitrogens with zero attached hydrogens (tertiary/aromatic N) is 1. The van der Waals surface area contributed by atoms with E-state index in [1.54, 1.807) is 13.1 Å². The minimum absolute atomic E-state index is 0.0649. The van der Waals surface area contributed by atoms with E-state index in [-0.39, 0.29) is 18.2 Å². The first-order valence-corrected chi connectivity index (χ1v) is 11.5. The van der Waals surface area contributed by atoms with E-state index in [0.29, 0.717) is 25.4 Å². The van der Waals surface area contributed by atoms with Crippen molar-refractivity contribution in [2.75, 3.05) is 6.61 Å². The van der Waals surface area contributed by atoms with Crippen LogP contribution in [0.15, 0.2) is 76.4 Å². The van der Waals surface area contributed by atoms with Crippen LogP contribution in [0, 0.1) is 6.92 Å². The Balaban J connectivity index is 1.43. The molecule has 1 aromatic heterocycles. The molecule has 0 spiro atoms. The first-order valence-electron chi connectivity index (χ1n) is 11.5. The molecule has 2 fully saturated rings. The minimum Gasteiger partial charge on any atom is -0.374 e. The number of aromatic nitrogens is 2. The van der Waals surface area contributed by atoms with Crippen molar-refractivity contribution in [3.63, 3.8) is 0 Å². The quantitative estimate of drug-likeness (QED) is 0.532. The summed E-state index contributed by atoms with van der Waals surface area (Å²) >= 11 is 0. The van der Waals surface area contributed by atoms with Crippen LogP contribution in [0.4, 0.5) is 0 Å². The Morgan fingerprint density at radius 3 is 2.32 bits per heavy atom. The molecule has 3 aromatic rings. The molecule has 2 N–H and O–H groups in total. The van der Waals surface area contributed by atoms with Gasteiger partial charge in [-0.15, -0.1) is 0 Å². The van der Waals surface area contributed by atoms with Crippen molar-refractivity contribution in [1.82, 2.24) is 14.9 Å². The number of nitrogens with one attached hydrogen (secondary N) is 2. The molecule has 0 aliphatic carbocycles. The fourth-order valence-electron chi connectivity index (χ4n) is 4.92. The van der Waals surface area contributed by atoms with E-state index in [2.05, 4.69) is 10.3 Å². The van der Waals surface area contributed by atoms with Crippen LogP contribution in [-0.2, 0) is 27.4 Å². The number of morpholine rings is 1. The summed E-state index contributed by atoms with van der Waals surface area (Å²) in [6.07, 6.45) is 0.550. The average molecular weight is 464 g/mol. The van der Waals surface area contributed by atoms with Gasteiger partial charge in [-0.25, -0.2) is 4.79 Å². The lowest BCUT2D eigenvalue weighted by molar-refractivity contribution is -0.171. The van der Waals surface area contributed by atoms with Gasteiger partial charge in [0.15, 0.2) is 6.23 Å². The van der Waals surface area contributed by atoms with E-state index in [0.717, 1.165) is 11.1 Å². The Labute approximate surface area is 197 Å². The maximum atomic E-state index is 12.7. The smallest absolute Gasteiger partial charge is 0.330 e. The van der Waals surface area contributed by atoms with Crippen molar-refractivity contribution in [2.45, 2.75) is 57.1 Å². The van der Waals surface area contributed by atoms with E-state index < -0.39 is 23.1 Å². The maximum Gasteiger partial charge on any atom is 0.330 e. The van der Waals surface area contributed by atoms with E-state index in [1.807, 2.05) is 67.6 Å². The van der Waals surface area contributed by atoms with Gasteiger partial charge in [-0.3, -0.25) is 14.3 Å². The number of benzene rings is 2. The first-order chi connectivity index (χ1) is 16.5. The molecule has 34 heavy (non-hydrogen) atoms. The number of aromatic amines is 1. The molecular weight excluding hydrogens is 434 g/mol. The SMILES string of the molecule is Cc1cn([C@@H]2O[C@@]3(COCc4ccccc4)[C@@H](C)N[C@@H]2[C@@H]3OCc2ccccc2)c(=O)[nH]c1=O. The molecule has 178 valence electrons. The van der Waals surface area contributed by atoms with Crippen LogP contribution >= 0.6 is 0 Å². The lowest BCUT2D eigenvalue weighted by Gasteiger charge is -2.37. The van der Waals surface area contributed by atoms with Crippen molar-refractivity contribution < 1.29 is 14.2 Å². The lowest BCUT2D eigenvalue weighted by atomic mass is 9.94. The highest BCUT2D eigenvalue weighted by Gasteiger charge is 2.65. The van der Waals surface area contributed by atoms with Crippen LogP contribution in [0.5, 0.6) is 0 Å². The van der Waals surface area contributed by atoms with Crippen LogP contribution < -0.4 is 16.6 Å². The molecule has 0 amide bonds. The van der Waals surface area contributed by atoms with Crippen LogP contribution in [0.25, 0.3) is 0 Å². The normalized spacial score (nSPS) is 27.8. The van der Waals surface area contributed by atoms with Gasteiger partial charge in [-0.1, -0.05) is 60.7 Å². The van der Waals surface area contributed by atoms with Crippen molar-refractivity contribution in [3.05, 3.63) is 104 Å². The molecule has 5 atom stereocenters. The third-order valence-electron chi connectivity index (χ3n) is 6.76. The average Bonchev–Trinajstić information content (AvgIpc) is 3.29. The van der Waals surface area contributed by atoms with Gasteiger partial charge in [-0.05, 0) is 25.0 Å². The van der Waals surface area contributed by atoms with Gasteiger partial charge in [0.1, 0.15) is 11.7 Å². The van der Waals surface area contributed by atoms with E-state index in [4.69, 9.17) is 14.2 Å². The van der Waals surface area contributed by atoms with E-state index >= 15 is 0 Å². The third kappa shape index (κ3) is 4.14. The second-order valence-corrected chi connectivity index (χ2v) is 9.05. The third-order valence-corrected chi connectivity index (χ3v) is 6.76. The number of hydrogen-bond donors (Lipinski definition) is 2. The molecule has 3 heterocycles. The van der Waals surface area contributed by atoms with Crippen molar-refractivity contribution in [1.29, 1.82) is 0 Å². The summed E-state index contributed by atoms with van der Waals surface area (Å²) in [5, 5.41) is 3.56. The van der Waals surface area contributed by atoms with Gasteiger partial charge in [-0.2, -0.15) is 0 Å². The molecule has 8 heteroatoms. The van der Waals surface area contributed by atoms with Crippen molar-refractivity contribution >= 4 is 0 Å². The number of ether oxygens (including phenoxy) is 3. The summed E-state index contributed by atoms with van der Waals surface area (Å²) in [6, 6.07) is 19.5. The van der Waals surface area contributed by atoms with Crippen LogP contribution in [0.3, 0.4) is 0 Å². The number of fused-ring (bicyclic) bond motifs is 2. The molecule has 2 aliphatic heterocycles. The minimum atomic E-state index is -0.803. The summed E-state index contributed by atoms with van der Waals surface area (Å²) in [5.41, 5.74) is 0.847. The predicted octanol–water partition coefficient (Wildman–Crippen LogP) is 2.28. The fraction of sp³-hybridized carbons (Fsp3) is 0.385. The standard InChI is InChI=1S/C26H29N3O5/c1-17-13-29(25(31)28-23(17)30)24-21-22(33-15-20-11-7-4-8-12-20)26(34-24,18(2)27-21)16-32-14-19-9-5-3-6-10-19/h3-13,18,21-22,24,27H,14-16H2,1-2H3,(H,28,30,31)/t18-,21-,22+,24-,26+/m1/s1. The largest absolute Gasteiger partial charge is 0.374 e. The van der Waals surface area contributed by atoms with Crippen LogP contribution in [0.1, 0.15) is 29.8 Å². The Morgan fingerprint density at radius 2 is 1.65 bits per heavy atom. The zero-order chi connectivity index (χ0) is 23.7. The summed E-state index contributed by atoms with van der Waals surface area (Å²) in [4.78, 5) is 26.9. The van der Waals surface area contributed by atoms with Crippen LogP contribution in [-0.4, -0.2) is 39.9 Å². The highest BCUT2D eigenvalue weighted by molar-refractivity contribution is 5.19. The number of hydrogen-bond acceptors (Lipinski definition) is 6. The molecule has 5 rings (SSSR count). The molecule has 0 unspecified atom stereocenters. The summed E-state index contributed by atoms with van der Waals surface area (Å²) in [7, 11) is 0. The van der Waals surface area contributed by atoms with Gasteiger partial charge in [0, 0.05) is 17.8 Å². The molecule has 2 aliphatic rings. The maximum absolute atomic E-state index is 12.7. The number of H-pyrrole nitrogens is 1. The van der Waals surface area contributed by atoms with E-state index in [1.165, 1.54) is 4.57 Å². The Kier molecular flexibility index (Phi) is 6.22. The monoisotopic (exact) mass is 463 g/mol. The molecule has 2 saturated heterocycles. The van der Waals surface area contributed by atoms with Gasteiger partial charge in [0.05, 0.1) is 25.9 Å². The van der Waals surface area contributed by atoms with Crippen molar-refractivity contribution in [2.24, 2.45) is 0 Å². The summed E-state index contributed by atoms with van der Waals surface area (Å²) in [6.45, 7) is 4.85. The highest BCUT2D eigenvalue weighted by Crippen LogP contribution is 2.46. The molecule has 0 radical (unpaired) electrons. The molecule has 0 saturated carbocycles. The molecule has 8 nitrogen and oxygen atoms in total. The number of aryl methyl sites for hydroxylation is 1. The zero-order valence-corrected chi connectivity index (χ0v) is 19.3. The molecule has 2 bridgehead atoms. The van der Waals surface area contributed by atoms with Crippen LogP contribution in [0.2, 0.25) is 0 Å². The van der Waals surface area contributed by atoms with Gasteiger partial charge < -0.3 is 19.5 Å². The fourth-order valence-corrected chi connectivity index (χ4v) is 4.92. The predicted molar refractivity (Wildman–Crippen MR) is 126 cm³/mol. The topological polar surface area (TPSA) is 94.6 Å². The first kappa shape index (κ1) is 22.7. The molecular formula is C26H29N3O5. The van der Waals surface area contributed by atoms with Gasteiger partial charge in [0.2, 0.25) is 0 Å². The van der Waals surface area contributed by atoms with E-state index in [9.17, 15) is 9.59 Å². The summed E-state index contributed by atoms with van der Waals surface area (Å²) in [5.74, 6) is 0. The second-order valence-electron chi connectivity index (χ2n) is 9.05. The van der Waals surface area contributed by atoms with Gasteiger partial charge in [0.25, 0.3) is 5.56 Å². The number of rotatable bonds is 8. The Morgan fingerprint density at radius 1 is 1.00 bits per heavy atom. The lowest BCUT2D eigenvalue weighted by Crippen LogP contribution is -2.54. The zero-order valence-electron chi connectivity index (χ0n) is 19.3.